The first-order valence-electron chi connectivity index (χ1n) is 6.26. The molecule has 1 aliphatic heterocycles. The second kappa shape index (κ2) is 5.57. The van der Waals surface area contributed by atoms with Gasteiger partial charge in [-0.05, 0) is 24.0 Å². The summed E-state index contributed by atoms with van der Waals surface area (Å²) >= 11 is 1.38. The van der Waals surface area contributed by atoms with Gasteiger partial charge < -0.3 is 10.0 Å². The average Bonchev–Trinajstić information content (AvgIpc) is 2.94. The molecule has 0 aromatic carbocycles. The SMILES string of the molecule is CC1CN(C(=O)c2csc(C=CC(=O)O)c2)CC1C. The molecule has 1 aliphatic rings. The number of carbonyl (C=O) groups excluding carboxylic acids is 1. The smallest absolute Gasteiger partial charge is 0.328 e. The molecule has 1 aromatic rings. The van der Waals surface area contributed by atoms with E-state index >= 15 is 0 Å². The molecule has 0 bridgehead atoms. The Bertz CT molecular complexity index is 511. The Hall–Kier alpha value is -1.62. The number of thiophene rings is 1. The van der Waals surface area contributed by atoms with Crippen LogP contribution in [0.2, 0.25) is 0 Å². The number of rotatable bonds is 3. The second-order valence-electron chi connectivity index (χ2n) is 5.07. The zero-order valence-corrected chi connectivity index (χ0v) is 11.8. The number of hydrogen-bond donors (Lipinski definition) is 1. The van der Waals surface area contributed by atoms with Gasteiger partial charge in [0.1, 0.15) is 0 Å². The van der Waals surface area contributed by atoms with Crippen molar-refractivity contribution in [2.75, 3.05) is 13.1 Å². The standard InChI is InChI=1S/C14H17NO3S/c1-9-6-15(7-10(9)2)14(18)11-5-12(19-8-11)3-4-13(16)17/h3-5,8-10H,6-7H2,1-2H3,(H,16,17). The Labute approximate surface area is 116 Å². The third kappa shape index (κ3) is 3.23. The summed E-state index contributed by atoms with van der Waals surface area (Å²) in [6.45, 7) is 5.92. The molecule has 102 valence electrons. The highest BCUT2D eigenvalue weighted by atomic mass is 32.1. The Morgan fingerprint density at radius 3 is 2.58 bits per heavy atom. The summed E-state index contributed by atoms with van der Waals surface area (Å²) in [5.41, 5.74) is 0.649. The Morgan fingerprint density at radius 2 is 2.00 bits per heavy atom. The molecule has 2 rings (SSSR count). The van der Waals surface area contributed by atoms with Crippen LogP contribution in [0.3, 0.4) is 0 Å². The minimum Gasteiger partial charge on any atom is -0.478 e. The van der Waals surface area contributed by atoms with Crippen LogP contribution in [0.5, 0.6) is 0 Å². The van der Waals surface area contributed by atoms with Crippen LogP contribution in [-0.2, 0) is 4.79 Å². The highest BCUT2D eigenvalue weighted by Gasteiger charge is 2.30. The maximum Gasteiger partial charge on any atom is 0.328 e. The third-order valence-electron chi connectivity index (χ3n) is 3.53. The lowest BCUT2D eigenvalue weighted by atomic mass is 10.0. The van der Waals surface area contributed by atoms with Gasteiger partial charge >= 0.3 is 5.97 Å². The summed E-state index contributed by atoms with van der Waals surface area (Å²) in [6, 6.07) is 1.75. The maximum absolute atomic E-state index is 12.3. The normalized spacial score (nSPS) is 23.2. The molecule has 1 amide bonds. The summed E-state index contributed by atoms with van der Waals surface area (Å²) in [6.07, 6.45) is 2.60. The molecule has 5 heteroatoms. The van der Waals surface area contributed by atoms with Crippen molar-refractivity contribution in [2.24, 2.45) is 11.8 Å². The number of carboxylic acid groups (broad SMARTS) is 1. The number of hydrogen-bond acceptors (Lipinski definition) is 3. The highest BCUT2D eigenvalue weighted by Crippen LogP contribution is 2.25. The van der Waals surface area contributed by atoms with Crippen molar-refractivity contribution in [1.29, 1.82) is 0 Å². The van der Waals surface area contributed by atoms with E-state index in [9.17, 15) is 9.59 Å². The van der Waals surface area contributed by atoms with Crippen molar-refractivity contribution in [1.82, 2.24) is 4.90 Å². The lowest BCUT2D eigenvalue weighted by molar-refractivity contribution is -0.131. The van der Waals surface area contributed by atoms with E-state index in [2.05, 4.69) is 13.8 Å². The third-order valence-corrected chi connectivity index (χ3v) is 4.43. The van der Waals surface area contributed by atoms with E-state index in [1.165, 1.54) is 17.4 Å². The van der Waals surface area contributed by atoms with Crippen molar-refractivity contribution in [3.63, 3.8) is 0 Å². The fourth-order valence-corrected chi connectivity index (χ4v) is 2.96. The van der Waals surface area contributed by atoms with Gasteiger partial charge in [-0.2, -0.15) is 0 Å². The fourth-order valence-electron chi connectivity index (χ4n) is 2.18. The van der Waals surface area contributed by atoms with Gasteiger partial charge in [-0.3, -0.25) is 4.79 Å². The number of likely N-dealkylation sites (tertiary alicyclic amines) is 1. The molecular weight excluding hydrogens is 262 g/mol. The van der Waals surface area contributed by atoms with Crippen LogP contribution >= 0.6 is 11.3 Å². The predicted molar refractivity (Wildman–Crippen MR) is 75.2 cm³/mol. The van der Waals surface area contributed by atoms with E-state index in [1.807, 2.05) is 4.90 Å². The molecule has 1 saturated heterocycles. The van der Waals surface area contributed by atoms with Crippen molar-refractivity contribution in [3.8, 4) is 0 Å². The highest BCUT2D eigenvalue weighted by molar-refractivity contribution is 7.11. The predicted octanol–water partition coefficient (Wildman–Crippen LogP) is 2.57. The van der Waals surface area contributed by atoms with Gasteiger partial charge in [0.15, 0.2) is 0 Å². The molecule has 0 radical (unpaired) electrons. The molecule has 0 aliphatic carbocycles. The lowest BCUT2D eigenvalue weighted by Crippen LogP contribution is -2.28. The second-order valence-corrected chi connectivity index (χ2v) is 6.02. The van der Waals surface area contributed by atoms with Gasteiger partial charge in [-0.1, -0.05) is 13.8 Å². The van der Waals surface area contributed by atoms with Crippen LogP contribution < -0.4 is 0 Å². The monoisotopic (exact) mass is 279 g/mol. The van der Waals surface area contributed by atoms with Crippen LogP contribution in [0.15, 0.2) is 17.5 Å². The number of amides is 1. The van der Waals surface area contributed by atoms with Crippen LogP contribution in [0.25, 0.3) is 6.08 Å². The molecule has 2 atom stereocenters. The first-order chi connectivity index (χ1) is 8.97. The van der Waals surface area contributed by atoms with Gasteiger partial charge in [-0.25, -0.2) is 4.79 Å². The van der Waals surface area contributed by atoms with Crippen LogP contribution in [0.1, 0.15) is 29.1 Å². The van der Waals surface area contributed by atoms with Gasteiger partial charge in [-0.15, -0.1) is 11.3 Å². The van der Waals surface area contributed by atoms with Gasteiger partial charge in [0.2, 0.25) is 0 Å². The topological polar surface area (TPSA) is 57.6 Å². The Kier molecular flexibility index (Phi) is 4.04. The zero-order chi connectivity index (χ0) is 14.0. The zero-order valence-electron chi connectivity index (χ0n) is 11.0. The molecule has 19 heavy (non-hydrogen) atoms. The van der Waals surface area contributed by atoms with Crippen LogP contribution in [0, 0.1) is 11.8 Å². The largest absolute Gasteiger partial charge is 0.478 e. The molecule has 4 nitrogen and oxygen atoms in total. The molecule has 1 fully saturated rings. The van der Waals surface area contributed by atoms with E-state index in [0.717, 1.165) is 24.0 Å². The lowest BCUT2D eigenvalue weighted by Gasteiger charge is -2.14. The molecule has 1 N–H and O–H groups in total. The number of aliphatic carboxylic acids is 1. The molecule has 1 aromatic heterocycles. The van der Waals surface area contributed by atoms with E-state index < -0.39 is 5.97 Å². The number of nitrogens with zero attached hydrogens (tertiary/aromatic N) is 1. The Balaban J connectivity index is 2.06. The minimum atomic E-state index is -0.983. The van der Waals surface area contributed by atoms with Crippen LogP contribution in [0.4, 0.5) is 0 Å². The Morgan fingerprint density at radius 1 is 1.37 bits per heavy atom. The van der Waals surface area contributed by atoms with Crippen molar-refractivity contribution in [2.45, 2.75) is 13.8 Å². The minimum absolute atomic E-state index is 0.0439. The average molecular weight is 279 g/mol. The van der Waals surface area contributed by atoms with Crippen LogP contribution in [-0.4, -0.2) is 35.0 Å². The molecule has 0 saturated carbocycles. The summed E-state index contributed by atoms with van der Waals surface area (Å²) in [7, 11) is 0. The summed E-state index contributed by atoms with van der Waals surface area (Å²) in [5.74, 6) is 0.133. The fraction of sp³-hybridized carbons (Fsp3) is 0.429. The van der Waals surface area contributed by atoms with E-state index in [-0.39, 0.29) is 5.91 Å². The van der Waals surface area contributed by atoms with Crippen molar-refractivity contribution < 1.29 is 14.7 Å². The number of carboxylic acids is 1. The maximum atomic E-state index is 12.3. The quantitative estimate of drug-likeness (QED) is 0.865. The summed E-state index contributed by atoms with van der Waals surface area (Å²) in [4.78, 5) is 25.4. The first-order valence-corrected chi connectivity index (χ1v) is 7.14. The number of carbonyl (C=O) groups is 2. The molecule has 0 spiro atoms. The first kappa shape index (κ1) is 13.8. The molecule has 2 unspecified atom stereocenters. The summed E-state index contributed by atoms with van der Waals surface area (Å²) in [5, 5.41) is 10.4. The van der Waals surface area contributed by atoms with Crippen molar-refractivity contribution in [3.05, 3.63) is 28.0 Å². The van der Waals surface area contributed by atoms with E-state index in [4.69, 9.17) is 5.11 Å². The summed E-state index contributed by atoms with van der Waals surface area (Å²) < 4.78 is 0. The van der Waals surface area contributed by atoms with E-state index in [1.54, 1.807) is 11.4 Å². The van der Waals surface area contributed by atoms with Gasteiger partial charge in [0.05, 0.1) is 5.56 Å². The molecular formula is C14H17NO3S. The van der Waals surface area contributed by atoms with Crippen molar-refractivity contribution >= 4 is 29.3 Å². The van der Waals surface area contributed by atoms with E-state index in [0.29, 0.717) is 17.4 Å². The van der Waals surface area contributed by atoms with Gasteiger partial charge in [0.25, 0.3) is 5.91 Å². The molecule has 2 heterocycles. The van der Waals surface area contributed by atoms with Gasteiger partial charge in [0, 0.05) is 29.4 Å².